The molecule has 0 aliphatic rings. The van der Waals surface area contributed by atoms with Crippen molar-refractivity contribution in [3.05, 3.63) is 53.2 Å². The molecule has 0 spiro atoms. The van der Waals surface area contributed by atoms with Gasteiger partial charge in [0.1, 0.15) is 5.03 Å². The van der Waals surface area contributed by atoms with Gasteiger partial charge in [-0.2, -0.15) is 0 Å². The summed E-state index contributed by atoms with van der Waals surface area (Å²) in [5.74, 6) is -0.277. The van der Waals surface area contributed by atoms with Crippen LogP contribution in [0.15, 0.2) is 46.5 Å². The van der Waals surface area contributed by atoms with Crippen LogP contribution in [0.2, 0.25) is 0 Å². The van der Waals surface area contributed by atoms with Crippen molar-refractivity contribution in [3.8, 4) is 0 Å². The second kappa shape index (κ2) is 9.38. The van der Waals surface area contributed by atoms with Gasteiger partial charge in [-0.1, -0.05) is 43.3 Å². The SMILES string of the molecule is Cc1ccc(Sc2ncccc2C(=O)NCCNC(=O)C(C)C)c(C)c1. The van der Waals surface area contributed by atoms with Gasteiger partial charge in [0.05, 0.1) is 5.56 Å². The van der Waals surface area contributed by atoms with Crippen LogP contribution >= 0.6 is 11.8 Å². The lowest BCUT2D eigenvalue weighted by Crippen LogP contribution is -2.36. The van der Waals surface area contributed by atoms with Gasteiger partial charge in [-0.3, -0.25) is 9.59 Å². The summed E-state index contributed by atoms with van der Waals surface area (Å²) in [6, 6.07) is 9.73. The van der Waals surface area contributed by atoms with Gasteiger partial charge < -0.3 is 10.6 Å². The van der Waals surface area contributed by atoms with Crippen molar-refractivity contribution in [3.63, 3.8) is 0 Å². The Labute approximate surface area is 159 Å². The van der Waals surface area contributed by atoms with E-state index in [1.54, 1.807) is 18.3 Å². The smallest absolute Gasteiger partial charge is 0.254 e. The predicted molar refractivity (Wildman–Crippen MR) is 104 cm³/mol. The molecular weight excluding hydrogens is 346 g/mol. The topological polar surface area (TPSA) is 71.1 Å². The Morgan fingerprint density at radius 1 is 1.12 bits per heavy atom. The predicted octanol–water partition coefficient (Wildman–Crippen LogP) is 3.35. The highest BCUT2D eigenvalue weighted by Gasteiger charge is 2.14. The van der Waals surface area contributed by atoms with Crippen molar-refractivity contribution in [1.29, 1.82) is 0 Å². The van der Waals surface area contributed by atoms with Gasteiger partial charge in [-0.15, -0.1) is 0 Å². The summed E-state index contributed by atoms with van der Waals surface area (Å²) in [5, 5.41) is 6.29. The summed E-state index contributed by atoms with van der Waals surface area (Å²) in [4.78, 5) is 29.5. The van der Waals surface area contributed by atoms with E-state index < -0.39 is 0 Å². The van der Waals surface area contributed by atoms with E-state index in [4.69, 9.17) is 0 Å². The summed E-state index contributed by atoms with van der Waals surface area (Å²) in [6.45, 7) is 8.55. The Kier molecular flexibility index (Phi) is 7.21. The van der Waals surface area contributed by atoms with E-state index in [0.717, 1.165) is 10.5 Å². The third-order valence-corrected chi connectivity index (χ3v) is 4.98. The Morgan fingerprint density at radius 2 is 1.85 bits per heavy atom. The molecule has 0 atom stereocenters. The molecule has 2 aromatic rings. The number of pyridine rings is 1. The zero-order chi connectivity index (χ0) is 19.1. The largest absolute Gasteiger partial charge is 0.354 e. The molecule has 0 bridgehead atoms. The zero-order valence-electron chi connectivity index (χ0n) is 15.6. The maximum absolute atomic E-state index is 12.5. The Bertz CT molecular complexity index is 790. The number of rotatable bonds is 7. The highest BCUT2D eigenvalue weighted by molar-refractivity contribution is 7.99. The van der Waals surface area contributed by atoms with Crippen LogP contribution in [0.3, 0.4) is 0 Å². The lowest BCUT2D eigenvalue weighted by Gasteiger charge is -2.11. The summed E-state index contributed by atoms with van der Waals surface area (Å²) in [5.41, 5.74) is 2.89. The Balaban J connectivity index is 2.01. The van der Waals surface area contributed by atoms with E-state index in [1.165, 1.54) is 17.3 Å². The van der Waals surface area contributed by atoms with E-state index in [-0.39, 0.29) is 17.7 Å². The molecule has 5 nitrogen and oxygen atoms in total. The number of benzene rings is 1. The first-order valence-electron chi connectivity index (χ1n) is 8.64. The number of aryl methyl sites for hydroxylation is 2. The molecule has 0 radical (unpaired) electrons. The molecule has 2 rings (SSSR count). The number of hydrogen-bond acceptors (Lipinski definition) is 4. The fourth-order valence-corrected chi connectivity index (χ4v) is 3.27. The molecule has 26 heavy (non-hydrogen) atoms. The molecule has 0 saturated heterocycles. The van der Waals surface area contributed by atoms with Gasteiger partial charge in [0.25, 0.3) is 5.91 Å². The summed E-state index contributed by atoms with van der Waals surface area (Å²) in [7, 11) is 0. The monoisotopic (exact) mass is 371 g/mol. The number of hydrogen-bond donors (Lipinski definition) is 2. The average molecular weight is 372 g/mol. The molecule has 1 heterocycles. The summed E-state index contributed by atoms with van der Waals surface area (Å²) >= 11 is 1.48. The number of nitrogens with one attached hydrogen (secondary N) is 2. The Morgan fingerprint density at radius 3 is 2.54 bits per heavy atom. The van der Waals surface area contributed by atoms with Gasteiger partial charge in [0.2, 0.25) is 5.91 Å². The number of carbonyl (C=O) groups is 2. The average Bonchev–Trinajstić information content (AvgIpc) is 2.61. The number of amides is 2. The lowest BCUT2D eigenvalue weighted by atomic mass is 10.2. The van der Waals surface area contributed by atoms with Crippen LogP contribution in [0.4, 0.5) is 0 Å². The molecule has 0 saturated carbocycles. The molecule has 0 unspecified atom stereocenters. The molecular formula is C20H25N3O2S. The van der Waals surface area contributed by atoms with Crippen molar-refractivity contribution in [1.82, 2.24) is 15.6 Å². The number of carbonyl (C=O) groups excluding carboxylic acids is 2. The zero-order valence-corrected chi connectivity index (χ0v) is 16.4. The number of nitrogens with zero attached hydrogens (tertiary/aromatic N) is 1. The van der Waals surface area contributed by atoms with Crippen LogP contribution in [0.1, 0.15) is 35.3 Å². The van der Waals surface area contributed by atoms with Gasteiger partial charge in [-0.25, -0.2) is 4.98 Å². The van der Waals surface area contributed by atoms with Crippen molar-refractivity contribution in [2.75, 3.05) is 13.1 Å². The summed E-state index contributed by atoms with van der Waals surface area (Å²) in [6.07, 6.45) is 1.69. The maximum atomic E-state index is 12.5. The fraction of sp³-hybridized carbons (Fsp3) is 0.350. The van der Waals surface area contributed by atoms with E-state index in [0.29, 0.717) is 23.7 Å². The van der Waals surface area contributed by atoms with Gasteiger partial charge >= 0.3 is 0 Å². The van der Waals surface area contributed by atoms with Crippen molar-refractivity contribution >= 4 is 23.6 Å². The fourth-order valence-electron chi connectivity index (χ4n) is 2.32. The molecule has 0 fully saturated rings. The minimum atomic E-state index is -0.191. The second-order valence-electron chi connectivity index (χ2n) is 6.43. The van der Waals surface area contributed by atoms with Crippen LogP contribution in [0.25, 0.3) is 0 Å². The third kappa shape index (κ3) is 5.59. The van der Waals surface area contributed by atoms with Gasteiger partial charge in [0.15, 0.2) is 0 Å². The quantitative estimate of drug-likeness (QED) is 0.732. The lowest BCUT2D eigenvalue weighted by molar-refractivity contribution is -0.123. The van der Waals surface area contributed by atoms with Crippen LogP contribution < -0.4 is 10.6 Å². The normalized spacial score (nSPS) is 10.7. The van der Waals surface area contributed by atoms with E-state index in [9.17, 15) is 9.59 Å². The van der Waals surface area contributed by atoms with Crippen molar-refractivity contribution < 1.29 is 9.59 Å². The maximum Gasteiger partial charge on any atom is 0.254 e. The highest BCUT2D eigenvalue weighted by atomic mass is 32.2. The molecule has 0 aliphatic heterocycles. The first-order valence-corrected chi connectivity index (χ1v) is 9.46. The van der Waals surface area contributed by atoms with Crippen LogP contribution in [0, 0.1) is 19.8 Å². The van der Waals surface area contributed by atoms with Gasteiger partial charge in [0, 0.05) is 30.1 Å². The molecule has 1 aromatic heterocycles. The first-order chi connectivity index (χ1) is 12.4. The number of aromatic nitrogens is 1. The molecule has 2 N–H and O–H groups in total. The van der Waals surface area contributed by atoms with Gasteiger partial charge in [-0.05, 0) is 37.6 Å². The molecule has 138 valence electrons. The second-order valence-corrected chi connectivity index (χ2v) is 7.46. The molecule has 6 heteroatoms. The van der Waals surface area contributed by atoms with Crippen molar-refractivity contribution in [2.45, 2.75) is 37.6 Å². The van der Waals surface area contributed by atoms with E-state index >= 15 is 0 Å². The van der Waals surface area contributed by atoms with Crippen LogP contribution in [-0.4, -0.2) is 29.9 Å². The molecule has 1 aromatic carbocycles. The first kappa shape index (κ1) is 20.0. The third-order valence-electron chi connectivity index (χ3n) is 3.79. The molecule has 0 aliphatic carbocycles. The minimum Gasteiger partial charge on any atom is -0.354 e. The van der Waals surface area contributed by atoms with Crippen LogP contribution in [0.5, 0.6) is 0 Å². The van der Waals surface area contributed by atoms with Crippen LogP contribution in [-0.2, 0) is 4.79 Å². The summed E-state index contributed by atoms with van der Waals surface area (Å²) < 4.78 is 0. The van der Waals surface area contributed by atoms with E-state index in [2.05, 4.69) is 41.6 Å². The minimum absolute atomic E-state index is 0.0216. The van der Waals surface area contributed by atoms with Crippen molar-refractivity contribution in [2.24, 2.45) is 5.92 Å². The Hall–Kier alpha value is -2.34. The van der Waals surface area contributed by atoms with E-state index in [1.807, 2.05) is 19.9 Å². The molecule has 2 amide bonds. The standard InChI is InChI=1S/C20H25N3O2S/c1-13(2)18(24)21-10-11-22-19(25)16-6-5-9-23-20(16)26-17-8-7-14(3)12-15(17)4/h5-9,12-13H,10-11H2,1-4H3,(H,21,24)(H,22,25). The highest BCUT2D eigenvalue weighted by Crippen LogP contribution is 2.31.